The number of nitrogens with one attached hydrogen (secondary N) is 1. The Morgan fingerprint density at radius 1 is 1.27 bits per heavy atom. The van der Waals surface area contributed by atoms with Crippen LogP contribution in [0.2, 0.25) is 5.02 Å². The standard InChI is InChI=1S/C20H23ClN2O3/c1-26-16-7-8-17(19(24)12-16)20(25)22-13-18(23-9-2-3-10-23)14-5-4-6-15(21)11-14/h4-8,11-12,18,24H,2-3,9-10,13H2,1H3,(H,22,25). The van der Waals surface area contributed by atoms with E-state index in [-0.39, 0.29) is 23.3 Å². The molecule has 0 saturated carbocycles. The van der Waals surface area contributed by atoms with Crippen LogP contribution in [0, 0.1) is 0 Å². The fourth-order valence-electron chi connectivity index (χ4n) is 3.34. The highest BCUT2D eigenvalue weighted by atomic mass is 35.5. The van der Waals surface area contributed by atoms with Crippen molar-refractivity contribution in [2.45, 2.75) is 18.9 Å². The van der Waals surface area contributed by atoms with Gasteiger partial charge in [0.15, 0.2) is 0 Å². The van der Waals surface area contributed by atoms with Crippen molar-refractivity contribution < 1.29 is 14.6 Å². The fraction of sp³-hybridized carbons (Fsp3) is 0.350. The Morgan fingerprint density at radius 2 is 2.04 bits per heavy atom. The number of ether oxygens (including phenoxy) is 1. The van der Waals surface area contributed by atoms with Crippen molar-refractivity contribution in [3.8, 4) is 11.5 Å². The molecular formula is C20H23ClN2O3. The topological polar surface area (TPSA) is 61.8 Å². The normalized spacial score (nSPS) is 15.6. The van der Waals surface area contributed by atoms with Crippen LogP contribution in [0.15, 0.2) is 42.5 Å². The zero-order valence-corrected chi connectivity index (χ0v) is 15.5. The van der Waals surface area contributed by atoms with Crippen LogP contribution in [0.3, 0.4) is 0 Å². The van der Waals surface area contributed by atoms with Gasteiger partial charge in [-0.1, -0.05) is 23.7 Å². The zero-order chi connectivity index (χ0) is 18.5. The molecule has 0 bridgehead atoms. The van der Waals surface area contributed by atoms with E-state index in [4.69, 9.17) is 16.3 Å². The molecule has 5 nitrogen and oxygen atoms in total. The van der Waals surface area contributed by atoms with Gasteiger partial charge >= 0.3 is 0 Å². The molecule has 2 aromatic carbocycles. The lowest BCUT2D eigenvalue weighted by Crippen LogP contribution is -2.36. The Kier molecular flexibility index (Phi) is 6.01. The molecule has 138 valence electrons. The van der Waals surface area contributed by atoms with Gasteiger partial charge in [-0.25, -0.2) is 0 Å². The van der Waals surface area contributed by atoms with Gasteiger partial charge in [0, 0.05) is 17.6 Å². The molecular weight excluding hydrogens is 352 g/mol. The minimum Gasteiger partial charge on any atom is -0.507 e. The summed E-state index contributed by atoms with van der Waals surface area (Å²) in [5.41, 5.74) is 1.32. The number of phenols is 1. The van der Waals surface area contributed by atoms with Gasteiger partial charge in [0.1, 0.15) is 11.5 Å². The summed E-state index contributed by atoms with van der Waals surface area (Å²) in [4.78, 5) is 14.9. The van der Waals surface area contributed by atoms with Crippen molar-refractivity contribution in [1.82, 2.24) is 10.2 Å². The number of halogens is 1. The molecule has 1 aliphatic rings. The van der Waals surface area contributed by atoms with Crippen LogP contribution in [0.25, 0.3) is 0 Å². The molecule has 6 heteroatoms. The molecule has 1 fully saturated rings. The minimum absolute atomic E-state index is 0.0561. The number of benzene rings is 2. The predicted molar refractivity (Wildman–Crippen MR) is 102 cm³/mol. The molecule has 0 aromatic heterocycles. The number of carbonyl (C=O) groups is 1. The van der Waals surface area contributed by atoms with E-state index < -0.39 is 0 Å². The molecule has 1 saturated heterocycles. The van der Waals surface area contributed by atoms with Crippen LogP contribution in [-0.2, 0) is 0 Å². The van der Waals surface area contributed by atoms with Gasteiger partial charge in [0.2, 0.25) is 0 Å². The molecule has 1 heterocycles. The summed E-state index contributed by atoms with van der Waals surface area (Å²) in [7, 11) is 1.51. The quantitative estimate of drug-likeness (QED) is 0.810. The number of likely N-dealkylation sites (tertiary alicyclic amines) is 1. The van der Waals surface area contributed by atoms with Gasteiger partial charge in [-0.05, 0) is 55.8 Å². The highest BCUT2D eigenvalue weighted by Crippen LogP contribution is 2.27. The summed E-state index contributed by atoms with van der Waals surface area (Å²) in [5.74, 6) is 0.103. The molecule has 0 spiro atoms. The lowest BCUT2D eigenvalue weighted by atomic mass is 10.1. The number of carbonyl (C=O) groups excluding carboxylic acids is 1. The first-order valence-electron chi connectivity index (χ1n) is 8.73. The minimum atomic E-state index is -0.309. The van der Waals surface area contributed by atoms with Gasteiger partial charge in [0.05, 0.1) is 18.7 Å². The molecule has 1 amide bonds. The number of amides is 1. The van der Waals surface area contributed by atoms with Crippen LogP contribution in [0.4, 0.5) is 0 Å². The molecule has 26 heavy (non-hydrogen) atoms. The Hall–Kier alpha value is -2.24. The average Bonchev–Trinajstić information content (AvgIpc) is 3.16. The highest BCUT2D eigenvalue weighted by molar-refractivity contribution is 6.30. The summed E-state index contributed by atoms with van der Waals surface area (Å²) in [6.45, 7) is 2.45. The van der Waals surface area contributed by atoms with Crippen LogP contribution in [0.1, 0.15) is 34.8 Å². The molecule has 1 unspecified atom stereocenters. The van der Waals surface area contributed by atoms with Crippen LogP contribution in [-0.4, -0.2) is 42.7 Å². The van der Waals surface area contributed by atoms with Crippen LogP contribution < -0.4 is 10.1 Å². The summed E-state index contributed by atoms with van der Waals surface area (Å²) < 4.78 is 5.05. The van der Waals surface area contributed by atoms with E-state index >= 15 is 0 Å². The van der Waals surface area contributed by atoms with E-state index in [2.05, 4.69) is 10.2 Å². The Labute approximate surface area is 158 Å². The third-order valence-corrected chi connectivity index (χ3v) is 4.96. The largest absolute Gasteiger partial charge is 0.507 e. The number of methoxy groups -OCH3 is 1. The summed E-state index contributed by atoms with van der Waals surface area (Å²) in [6, 6.07) is 12.5. The van der Waals surface area contributed by atoms with E-state index in [1.807, 2.05) is 24.3 Å². The number of phenolic OH excluding ortho intramolecular Hbond substituents is 1. The predicted octanol–water partition coefficient (Wildman–Crippen LogP) is 3.62. The van der Waals surface area contributed by atoms with Gasteiger partial charge in [-0.15, -0.1) is 0 Å². The third kappa shape index (κ3) is 4.29. The van der Waals surface area contributed by atoms with Crippen molar-refractivity contribution in [2.75, 3.05) is 26.7 Å². The van der Waals surface area contributed by atoms with E-state index in [9.17, 15) is 9.90 Å². The van der Waals surface area contributed by atoms with Crippen molar-refractivity contribution in [3.05, 3.63) is 58.6 Å². The SMILES string of the molecule is COc1ccc(C(=O)NCC(c2cccc(Cl)c2)N2CCCC2)c(O)c1. The van der Waals surface area contributed by atoms with E-state index in [1.165, 1.54) is 13.2 Å². The third-order valence-electron chi connectivity index (χ3n) is 4.72. The second-order valence-electron chi connectivity index (χ2n) is 6.41. The average molecular weight is 375 g/mol. The number of aromatic hydroxyl groups is 1. The van der Waals surface area contributed by atoms with Gasteiger partial charge in [-0.2, -0.15) is 0 Å². The van der Waals surface area contributed by atoms with Gasteiger partial charge in [-0.3, -0.25) is 9.69 Å². The maximum Gasteiger partial charge on any atom is 0.255 e. The molecule has 3 rings (SSSR count). The van der Waals surface area contributed by atoms with E-state index in [0.717, 1.165) is 31.5 Å². The van der Waals surface area contributed by atoms with E-state index in [0.29, 0.717) is 17.3 Å². The van der Waals surface area contributed by atoms with E-state index in [1.54, 1.807) is 12.1 Å². The lowest BCUT2D eigenvalue weighted by molar-refractivity contribution is 0.0935. The molecule has 1 atom stereocenters. The summed E-state index contributed by atoms with van der Waals surface area (Å²) >= 11 is 6.15. The number of rotatable bonds is 6. The van der Waals surface area contributed by atoms with Crippen molar-refractivity contribution in [2.24, 2.45) is 0 Å². The Balaban J connectivity index is 1.74. The van der Waals surface area contributed by atoms with Gasteiger partial charge in [0.25, 0.3) is 5.91 Å². The van der Waals surface area contributed by atoms with Crippen molar-refractivity contribution in [1.29, 1.82) is 0 Å². The maximum atomic E-state index is 12.5. The molecule has 0 radical (unpaired) electrons. The monoisotopic (exact) mass is 374 g/mol. The maximum absolute atomic E-state index is 12.5. The summed E-state index contributed by atoms with van der Waals surface area (Å²) in [5, 5.41) is 13.7. The molecule has 2 aromatic rings. The van der Waals surface area contributed by atoms with Crippen molar-refractivity contribution >= 4 is 17.5 Å². The summed E-state index contributed by atoms with van der Waals surface area (Å²) in [6.07, 6.45) is 2.31. The molecule has 1 aliphatic heterocycles. The highest BCUT2D eigenvalue weighted by Gasteiger charge is 2.24. The molecule has 0 aliphatic carbocycles. The first-order chi connectivity index (χ1) is 12.6. The molecule has 2 N–H and O–H groups in total. The zero-order valence-electron chi connectivity index (χ0n) is 14.7. The van der Waals surface area contributed by atoms with Gasteiger partial charge < -0.3 is 15.2 Å². The Bertz CT molecular complexity index is 775. The second kappa shape index (κ2) is 8.43. The smallest absolute Gasteiger partial charge is 0.255 e. The number of nitrogens with zero attached hydrogens (tertiary/aromatic N) is 1. The number of hydrogen-bond acceptors (Lipinski definition) is 4. The van der Waals surface area contributed by atoms with Crippen LogP contribution >= 0.6 is 11.6 Å². The van der Waals surface area contributed by atoms with Crippen LogP contribution in [0.5, 0.6) is 11.5 Å². The fourth-order valence-corrected chi connectivity index (χ4v) is 3.54. The number of hydrogen-bond donors (Lipinski definition) is 2. The van der Waals surface area contributed by atoms with Crippen molar-refractivity contribution in [3.63, 3.8) is 0 Å². The second-order valence-corrected chi connectivity index (χ2v) is 6.84. The lowest BCUT2D eigenvalue weighted by Gasteiger charge is -2.28. The Morgan fingerprint density at radius 3 is 2.69 bits per heavy atom. The first-order valence-corrected chi connectivity index (χ1v) is 9.11. The first kappa shape index (κ1) is 18.5.